The standard InChI is InChI=1S/C24H21N3O/c1-17-10-12-18(13-11-17)23(26-20-7-3-2-4-8-20)24(28)27-22-9-5-6-19-16-25-15-14-21(19)22/h2-16,23,26H,1H3,(H,27,28). The van der Waals surface area contributed by atoms with E-state index in [0.717, 1.165) is 33.3 Å². The molecule has 1 amide bonds. The van der Waals surface area contributed by atoms with Crippen LogP contribution in [0.15, 0.2) is 91.3 Å². The molecule has 1 unspecified atom stereocenters. The van der Waals surface area contributed by atoms with Crippen LogP contribution in [0.5, 0.6) is 0 Å². The van der Waals surface area contributed by atoms with Crippen molar-refractivity contribution in [2.24, 2.45) is 0 Å². The van der Waals surface area contributed by atoms with E-state index >= 15 is 0 Å². The van der Waals surface area contributed by atoms with Crippen LogP contribution in [0.3, 0.4) is 0 Å². The van der Waals surface area contributed by atoms with Gasteiger partial charge in [0.2, 0.25) is 0 Å². The molecular formula is C24H21N3O. The first-order chi connectivity index (χ1) is 13.7. The van der Waals surface area contributed by atoms with E-state index in [4.69, 9.17) is 0 Å². The summed E-state index contributed by atoms with van der Waals surface area (Å²) in [5, 5.41) is 8.40. The molecule has 0 aliphatic rings. The normalized spacial score (nSPS) is 11.8. The Morgan fingerprint density at radius 3 is 2.46 bits per heavy atom. The number of amides is 1. The van der Waals surface area contributed by atoms with E-state index in [1.807, 2.05) is 85.8 Å². The van der Waals surface area contributed by atoms with Gasteiger partial charge in [0.25, 0.3) is 5.91 Å². The number of nitrogens with zero attached hydrogens (tertiary/aromatic N) is 1. The molecule has 0 radical (unpaired) electrons. The number of pyridine rings is 1. The third kappa shape index (κ3) is 3.86. The number of anilines is 2. The highest BCUT2D eigenvalue weighted by Gasteiger charge is 2.21. The number of para-hydroxylation sites is 1. The maximum absolute atomic E-state index is 13.3. The molecule has 3 aromatic carbocycles. The number of fused-ring (bicyclic) bond motifs is 1. The number of benzene rings is 3. The average Bonchev–Trinajstić information content (AvgIpc) is 2.74. The van der Waals surface area contributed by atoms with E-state index in [1.54, 1.807) is 12.4 Å². The smallest absolute Gasteiger partial charge is 0.251 e. The molecule has 4 nitrogen and oxygen atoms in total. The predicted octanol–water partition coefficient (Wildman–Crippen LogP) is 5.34. The van der Waals surface area contributed by atoms with Gasteiger partial charge in [0.1, 0.15) is 6.04 Å². The third-order valence-corrected chi connectivity index (χ3v) is 4.70. The van der Waals surface area contributed by atoms with Crippen molar-refractivity contribution < 1.29 is 4.79 Å². The Hall–Kier alpha value is -3.66. The first kappa shape index (κ1) is 17.7. The fourth-order valence-corrected chi connectivity index (χ4v) is 3.20. The maximum Gasteiger partial charge on any atom is 0.251 e. The average molecular weight is 367 g/mol. The van der Waals surface area contributed by atoms with Crippen molar-refractivity contribution in [1.82, 2.24) is 4.98 Å². The lowest BCUT2D eigenvalue weighted by atomic mass is 10.0. The quantitative estimate of drug-likeness (QED) is 0.501. The van der Waals surface area contributed by atoms with E-state index in [2.05, 4.69) is 15.6 Å². The van der Waals surface area contributed by atoms with Crippen LogP contribution in [0.25, 0.3) is 10.8 Å². The zero-order valence-corrected chi connectivity index (χ0v) is 15.6. The highest BCUT2D eigenvalue weighted by molar-refractivity contribution is 6.04. The van der Waals surface area contributed by atoms with Crippen LogP contribution in [-0.4, -0.2) is 10.9 Å². The number of aryl methyl sites for hydroxylation is 1. The van der Waals surface area contributed by atoms with Gasteiger partial charge in [-0.2, -0.15) is 0 Å². The summed E-state index contributed by atoms with van der Waals surface area (Å²) in [6.07, 6.45) is 3.53. The second-order valence-corrected chi connectivity index (χ2v) is 6.75. The lowest BCUT2D eigenvalue weighted by Gasteiger charge is -2.21. The molecule has 0 fully saturated rings. The number of aromatic nitrogens is 1. The van der Waals surface area contributed by atoms with E-state index in [-0.39, 0.29) is 5.91 Å². The molecule has 4 aromatic rings. The van der Waals surface area contributed by atoms with Gasteiger partial charge in [-0.05, 0) is 36.8 Å². The Morgan fingerprint density at radius 1 is 0.893 bits per heavy atom. The molecule has 0 aliphatic carbocycles. The Labute approximate surface area is 164 Å². The number of carbonyl (C=O) groups excluding carboxylic acids is 1. The second kappa shape index (κ2) is 7.92. The molecule has 0 saturated heterocycles. The number of rotatable bonds is 5. The molecule has 4 heteroatoms. The minimum absolute atomic E-state index is 0.114. The minimum Gasteiger partial charge on any atom is -0.370 e. The largest absolute Gasteiger partial charge is 0.370 e. The van der Waals surface area contributed by atoms with Gasteiger partial charge in [0.05, 0.1) is 0 Å². The SMILES string of the molecule is Cc1ccc(C(Nc2ccccc2)C(=O)Nc2cccc3cnccc23)cc1. The third-order valence-electron chi connectivity index (χ3n) is 4.70. The van der Waals surface area contributed by atoms with Gasteiger partial charge in [-0.25, -0.2) is 0 Å². The van der Waals surface area contributed by atoms with Crippen LogP contribution in [0.2, 0.25) is 0 Å². The molecule has 0 saturated carbocycles. The summed E-state index contributed by atoms with van der Waals surface area (Å²) in [4.78, 5) is 17.4. The van der Waals surface area contributed by atoms with E-state index in [0.29, 0.717) is 0 Å². The van der Waals surface area contributed by atoms with Crippen molar-refractivity contribution in [3.05, 3.63) is 102 Å². The highest BCUT2D eigenvalue weighted by atomic mass is 16.2. The zero-order chi connectivity index (χ0) is 19.3. The van der Waals surface area contributed by atoms with Crippen molar-refractivity contribution in [2.75, 3.05) is 10.6 Å². The Morgan fingerprint density at radius 2 is 1.68 bits per heavy atom. The van der Waals surface area contributed by atoms with E-state index in [9.17, 15) is 4.79 Å². The monoisotopic (exact) mass is 367 g/mol. The topological polar surface area (TPSA) is 54.0 Å². The fourth-order valence-electron chi connectivity index (χ4n) is 3.20. The summed E-state index contributed by atoms with van der Waals surface area (Å²) in [5.41, 5.74) is 3.74. The van der Waals surface area contributed by atoms with Crippen LogP contribution >= 0.6 is 0 Å². The molecule has 2 N–H and O–H groups in total. The van der Waals surface area contributed by atoms with Gasteiger partial charge in [-0.15, -0.1) is 0 Å². The molecule has 1 atom stereocenters. The van der Waals surface area contributed by atoms with Crippen molar-refractivity contribution in [2.45, 2.75) is 13.0 Å². The molecule has 0 spiro atoms. The summed E-state index contributed by atoms with van der Waals surface area (Å²) in [7, 11) is 0. The van der Waals surface area contributed by atoms with Gasteiger partial charge in [0, 0.05) is 34.5 Å². The van der Waals surface area contributed by atoms with Crippen LogP contribution in [0.4, 0.5) is 11.4 Å². The number of hydrogen-bond acceptors (Lipinski definition) is 3. The highest BCUT2D eigenvalue weighted by Crippen LogP contribution is 2.26. The van der Waals surface area contributed by atoms with Crippen LogP contribution in [-0.2, 0) is 4.79 Å². The first-order valence-corrected chi connectivity index (χ1v) is 9.22. The molecule has 1 aromatic heterocycles. The van der Waals surface area contributed by atoms with E-state index < -0.39 is 6.04 Å². The number of nitrogens with one attached hydrogen (secondary N) is 2. The van der Waals surface area contributed by atoms with Crippen molar-refractivity contribution in [3.63, 3.8) is 0 Å². The molecule has 1 heterocycles. The van der Waals surface area contributed by atoms with Crippen molar-refractivity contribution in [1.29, 1.82) is 0 Å². The zero-order valence-electron chi connectivity index (χ0n) is 15.6. The summed E-state index contributed by atoms with van der Waals surface area (Å²) < 4.78 is 0. The van der Waals surface area contributed by atoms with Gasteiger partial charge in [-0.3, -0.25) is 9.78 Å². The number of carbonyl (C=O) groups is 1. The fraction of sp³-hybridized carbons (Fsp3) is 0.0833. The summed E-state index contributed by atoms with van der Waals surface area (Å²) >= 11 is 0. The summed E-state index contributed by atoms with van der Waals surface area (Å²) in [6, 6.07) is 25.0. The van der Waals surface area contributed by atoms with Crippen LogP contribution < -0.4 is 10.6 Å². The number of hydrogen-bond donors (Lipinski definition) is 2. The summed E-state index contributed by atoms with van der Waals surface area (Å²) in [5.74, 6) is -0.114. The summed E-state index contributed by atoms with van der Waals surface area (Å²) in [6.45, 7) is 2.04. The van der Waals surface area contributed by atoms with Crippen molar-refractivity contribution in [3.8, 4) is 0 Å². The van der Waals surface area contributed by atoms with Crippen molar-refractivity contribution >= 4 is 28.1 Å². The van der Waals surface area contributed by atoms with Gasteiger partial charge >= 0.3 is 0 Å². The lowest BCUT2D eigenvalue weighted by molar-refractivity contribution is -0.117. The lowest BCUT2D eigenvalue weighted by Crippen LogP contribution is -2.27. The molecule has 138 valence electrons. The Kier molecular flexibility index (Phi) is 5.02. The molecule has 0 aliphatic heterocycles. The van der Waals surface area contributed by atoms with Gasteiger partial charge in [-0.1, -0.05) is 60.2 Å². The van der Waals surface area contributed by atoms with Crippen LogP contribution in [0, 0.1) is 6.92 Å². The van der Waals surface area contributed by atoms with Gasteiger partial charge in [0.15, 0.2) is 0 Å². The predicted molar refractivity (Wildman–Crippen MR) is 114 cm³/mol. The molecule has 28 heavy (non-hydrogen) atoms. The van der Waals surface area contributed by atoms with Crippen LogP contribution in [0.1, 0.15) is 17.2 Å². The van der Waals surface area contributed by atoms with Gasteiger partial charge < -0.3 is 10.6 Å². The Balaban J connectivity index is 1.67. The minimum atomic E-state index is -0.514. The van der Waals surface area contributed by atoms with E-state index in [1.165, 1.54) is 0 Å². The molecular weight excluding hydrogens is 346 g/mol. The maximum atomic E-state index is 13.3. The molecule has 4 rings (SSSR count). The molecule has 0 bridgehead atoms. The second-order valence-electron chi connectivity index (χ2n) is 6.75. The first-order valence-electron chi connectivity index (χ1n) is 9.22. The Bertz CT molecular complexity index is 1090.